The highest BCUT2D eigenvalue weighted by molar-refractivity contribution is 7.07. The molecule has 1 heterocycles. The van der Waals surface area contributed by atoms with Crippen molar-refractivity contribution in [3.05, 3.63) is 26.3 Å². The van der Waals surface area contributed by atoms with Crippen molar-refractivity contribution in [3.63, 3.8) is 0 Å². The van der Waals surface area contributed by atoms with Crippen molar-refractivity contribution in [2.24, 2.45) is 33.3 Å². The summed E-state index contributed by atoms with van der Waals surface area (Å²) in [6, 6.07) is 0. The van der Waals surface area contributed by atoms with Crippen molar-refractivity contribution < 1.29 is 9.53 Å². The van der Waals surface area contributed by atoms with E-state index in [1.54, 1.807) is 7.11 Å². The van der Waals surface area contributed by atoms with Gasteiger partial charge in [0.2, 0.25) is 0 Å². The molecule has 8 heteroatoms. The van der Waals surface area contributed by atoms with E-state index in [-0.39, 0.29) is 17.9 Å². The number of thiazole rings is 1. The highest BCUT2D eigenvalue weighted by atomic mass is 32.1. The zero-order valence-corrected chi connectivity index (χ0v) is 16.0. The Bertz CT molecular complexity index is 769. The van der Waals surface area contributed by atoms with Crippen LogP contribution in [0.3, 0.4) is 0 Å². The predicted octanol–water partition coefficient (Wildman–Crippen LogP) is 3.65. The van der Waals surface area contributed by atoms with E-state index in [2.05, 4.69) is 15.0 Å². The quantitative estimate of drug-likeness (QED) is 0.431. The molecule has 0 unspecified atom stereocenters. The fourth-order valence-corrected chi connectivity index (χ4v) is 6.60. The SMILES string of the molecule is COCCn1c(CN=[N+]=[N-])csc1=NC(=O)C12CC3CC(CC(C3)C1)C2. The lowest BCUT2D eigenvalue weighted by molar-refractivity contribution is -0.142. The molecule has 0 atom stereocenters. The van der Waals surface area contributed by atoms with Gasteiger partial charge in [0.1, 0.15) is 0 Å². The Balaban J connectivity index is 1.64. The lowest BCUT2D eigenvalue weighted by Gasteiger charge is -2.55. The molecule has 0 saturated heterocycles. The van der Waals surface area contributed by atoms with Crippen LogP contribution in [0.15, 0.2) is 15.5 Å². The minimum atomic E-state index is -0.219. The maximum absolute atomic E-state index is 13.2. The summed E-state index contributed by atoms with van der Waals surface area (Å²) >= 11 is 1.45. The second-order valence-electron chi connectivity index (χ2n) is 8.16. The largest absolute Gasteiger partial charge is 0.383 e. The Labute approximate surface area is 156 Å². The molecule has 1 amide bonds. The van der Waals surface area contributed by atoms with E-state index in [0.717, 1.165) is 42.7 Å². The zero-order valence-electron chi connectivity index (χ0n) is 15.1. The van der Waals surface area contributed by atoms with Gasteiger partial charge in [0.05, 0.1) is 18.6 Å². The van der Waals surface area contributed by atoms with Gasteiger partial charge in [0.25, 0.3) is 5.91 Å². The first-order valence-corrected chi connectivity index (χ1v) is 10.3. The first-order chi connectivity index (χ1) is 12.6. The van der Waals surface area contributed by atoms with E-state index in [0.29, 0.717) is 18.0 Å². The fraction of sp³-hybridized carbons (Fsp3) is 0.778. The second-order valence-corrected chi connectivity index (χ2v) is 8.99. The zero-order chi connectivity index (χ0) is 18.1. The number of ether oxygens (including phenoxy) is 1. The summed E-state index contributed by atoms with van der Waals surface area (Å²) < 4.78 is 7.15. The van der Waals surface area contributed by atoms with Gasteiger partial charge in [-0.05, 0) is 61.8 Å². The van der Waals surface area contributed by atoms with Gasteiger partial charge in [-0.3, -0.25) is 4.79 Å². The number of azide groups is 1. The first kappa shape index (κ1) is 17.8. The molecule has 4 fully saturated rings. The van der Waals surface area contributed by atoms with Crippen LogP contribution in [0.2, 0.25) is 0 Å². The lowest BCUT2D eigenvalue weighted by atomic mass is 9.49. The number of nitrogens with zero attached hydrogens (tertiary/aromatic N) is 5. The smallest absolute Gasteiger partial charge is 0.254 e. The fourth-order valence-electron chi connectivity index (χ4n) is 5.68. The molecule has 1 aromatic heterocycles. The number of amides is 1. The third kappa shape index (κ3) is 3.21. The topological polar surface area (TPSA) is 92.3 Å². The van der Waals surface area contributed by atoms with Crippen molar-refractivity contribution in [2.45, 2.75) is 51.6 Å². The van der Waals surface area contributed by atoms with Crippen LogP contribution in [0.5, 0.6) is 0 Å². The number of aromatic nitrogens is 1. The predicted molar refractivity (Wildman–Crippen MR) is 98.2 cm³/mol. The number of hydrogen-bond acceptors (Lipinski definition) is 4. The summed E-state index contributed by atoms with van der Waals surface area (Å²) in [5, 5.41) is 5.58. The van der Waals surface area contributed by atoms with Crippen LogP contribution < -0.4 is 4.80 Å². The van der Waals surface area contributed by atoms with Crippen LogP contribution in [0.1, 0.15) is 44.2 Å². The summed E-state index contributed by atoms with van der Waals surface area (Å²) in [6.45, 7) is 1.39. The van der Waals surface area contributed by atoms with Crippen LogP contribution in [0.4, 0.5) is 0 Å². The van der Waals surface area contributed by atoms with Gasteiger partial charge in [0.15, 0.2) is 4.80 Å². The monoisotopic (exact) mass is 375 g/mol. The van der Waals surface area contributed by atoms with E-state index in [1.807, 2.05) is 9.95 Å². The van der Waals surface area contributed by atoms with Gasteiger partial charge in [-0.25, -0.2) is 0 Å². The molecular formula is C18H25N5O2S. The Hall–Kier alpha value is -1.63. The molecule has 1 aromatic rings. The van der Waals surface area contributed by atoms with E-state index in [4.69, 9.17) is 10.3 Å². The van der Waals surface area contributed by atoms with Crippen molar-refractivity contribution in [1.29, 1.82) is 0 Å². The average molecular weight is 375 g/mol. The van der Waals surface area contributed by atoms with E-state index < -0.39 is 0 Å². The van der Waals surface area contributed by atoms with Gasteiger partial charge in [-0.15, -0.1) is 11.3 Å². The van der Waals surface area contributed by atoms with E-state index in [1.165, 1.54) is 30.6 Å². The number of methoxy groups -OCH3 is 1. The Kier molecular flexibility index (Phi) is 4.90. The molecule has 4 bridgehead atoms. The summed E-state index contributed by atoms with van der Waals surface area (Å²) in [4.78, 5) is 21.3. The summed E-state index contributed by atoms with van der Waals surface area (Å²) in [5.41, 5.74) is 9.25. The van der Waals surface area contributed by atoms with Crippen LogP contribution >= 0.6 is 11.3 Å². The molecule has 0 N–H and O–H groups in total. The highest BCUT2D eigenvalue weighted by Gasteiger charge is 2.54. The van der Waals surface area contributed by atoms with Gasteiger partial charge in [-0.2, -0.15) is 4.99 Å². The molecule has 26 heavy (non-hydrogen) atoms. The van der Waals surface area contributed by atoms with Crippen molar-refractivity contribution in [1.82, 2.24) is 4.57 Å². The molecule has 140 valence electrons. The molecule has 0 aliphatic heterocycles. The van der Waals surface area contributed by atoms with E-state index in [9.17, 15) is 4.79 Å². The Morgan fingerprint density at radius 2 is 2.00 bits per heavy atom. The molecule has 4 aliphatic carbocycles. The second kappa shape index (κ2) is 7.18. The maximum Gasteiger partial charge on any atom is 0.254 e. The van der Waals surface area contributed by atoms with Crippen LogP contribution in [0.25, 0.3) is 10.4 Å². The molecule has 0 radical (unpaired) electrons. The number of carbonyl (C=O) groups is 1. The van der Waals surface area contributed by atoms with Gasteiger partial charge in [-0.1, -0.05) is 5.11 Å². The van der Waals surface area contributed by atoms with Crippen LogP contribution in [-0.2, 0) is 22.6 Å². The van der Waals surface area contributed by atoms with Crippen LogP contribution in [0, 0.1) is 23.2 Å². The third-order valence-corrected chi connectivity index (χ3v) is 7.29. The lowest BCUT2D eigenvalue weighted by Crippen LogP contribution is -2.50. The molecule has 4 aliphatic rings. The summed E-state index contributed by atoms with van der Waals surface area (Å²) in [6.07, 6.45) is 7.02. The van der Waals surface area contributed by atoms with Crippen molar-refractivity contribution >= 4 is 17.2 Å². The number of carbonyl (C=O) groups excluding carboxylic acids is 1. The van der Waals surface area contributed by atoms with Gasteiger partial charge in [0, 0.05) is 29.6 Å². The summed E-state index contributed by atoms with van der Waals surface area (Å²) in [7, 11) is 1.65. The number of rotatable bonds is 6. The minimum Gasteiger partial charge on any atom is -0.383 e. The van der Waals surface area contributed by atoms with Gasteiger partial charge < -0.3 is 9.30 Å². The van der Waals surface area contributed by atoms with Crippen LogP contribution in [-0.4, -0.2) is 24.2 Å². The molecule has 4 saturated carbocycles. The first-order valence-electron chi connectivity index (χ1n) is 9.39. The molecule has 5 rings (SSSR count). The van der Waals surface area contributed by atoms with Crippen molar-refractivity contribution in [3.8, 4) is 0 Å². The average Bonchev–Trinajstić information content (AvgIpc) is 2.98. The van der Waals surface area contributed by atoms with Gasteiger partial charge >= 0.3 is 0 Å². The maximum atomic E-state index is 13.2. The molecule has 0 spiro atoms. The Morgan fingerprint density at radius 3 is 2.58 bits per heavy atom. The third-order valence-electron chi connectivity index (χ3n) is 6.38. The standard InChI is InChI=1S/C18H25N5O2S/c1-25-3-2-23-15(10-20-22-19)11-26-17(23)21-16(24)18-7-12-4-13(8-18)6-14(5-12)9-18/h11-14H,2-10H2,1H3. The normalized spacial score (nSPS) is 32.7. The number of hydrogen-bond donors (Lipinski definition) is 0. The molecule has 0 aromatic carbocycles. The molecule has 7 nitrogen and oxygen atoms in total. The Morgan fingerprint density at radius 1 is 1.35 bits per heavy atom. The van der Waals surface area contributed by atoms with Crippen molar-refractivity contribution in [2.75, 3.05) is 13.7 Å². The molecular weight excluding hydrogens is 350 g/mol. The van der Waals surface area contributed by atoms with E-state index >= 15 is 0 Å². The minimum absolute atomic E-state index is 0.0694. The summed E-state index contributed by atoms with van der Waals surface area (Å²) in [5.74, 6) is 2.25. The highest BCUT2D eigenvalue weighted by Crippen LogP contribution is 2.60.